The van der Waals surface area contributed by atoms with Crippen molar-refractivity contribution in [2.75, 3.05) is 11.9 Å². The Labute approximate surface area is 152 Å². The Morgan fingerprint density at radius 3 is 2.72 bits per heavy atom. The molecule has 2 heterocycles. The quantitative estimate of drug-likeness (QED) is 0.646. The third-order valence-electron chi connectivity index (χ3n) is 4.41. The summed E-state index contributed by atoms with van der Waals surface area (Å²) in [6.07, 6.45) is 0. The maximum atomic E-state index is 6.05. The zero-order valence-corrected chi connectivity index (χ0v) is 15.8. The molecule has 3 nitrogen and oxygen atoms in total. The molecule has 4 rings (SSSR count). The number of hydrogen-bond donors (Lipinski definition) is 1. The lowest BCUT2D eigenvalue weighted by atomic mass is 10.0. The van der Waals surface area contributed by atoms with Gasteiger partial charge in [0.15, 0.2) is 0 Å². The lowest BCUT2D eigenvalue weighted by Crippen LogP contribution is -2.39. The molecule has 0 unspecified atom stereocenters. The number of aryl methyl sites for hydroxylation is 2. The third kappa shape index (κ3) is 3.14. The molecular weight excluding hydrogens is 328 g/mol. The number of anilines is 1. The van der Waals surface area contributed by atoms with Gasteiger partial charge < -0.3 is 10.1 Å². The van der Waals surface area contributed by atoms with E-state index in [0.717, 1.165) is 34.2 Å². The average Bonchev–Trinajstić information content (AvgIpc) is 2.96. The molecule has 1 N–H and O–H groups in total. The number of fused-ring (bicyclic) bond motifs is 1. The second-order valence-corrected chi connectivity index (χ2v) is 8.42. The topological polar surface area (TPSA) is 34.2 Å². The van der Waals surface area contributed by atoms with Gasteiger partial charge in [-0.25, -0.2) is 4.98 Å². The van der Waals surface area contributed by atoms with Crippen molar-refractivity contribution in [3.8, 4) is 27.6 Å². The molecule has 0 atom stereocenters. The minimum absolute atomic E-state index is 0.177. The number of rotatable bonds is 2. The smallest absolute Gasteiger partial charge is 0.143 e. The van der Waals surface area contributed by atoms with Crippen LogP contribution in [0, 0.1) is 13.8 Å². The number of nitrogens with zero attached hydrogens (tertiary/aromatic N) is 1. The Bertz CT molecular complexity index is 943. The largest absolute Gasteiger partial charge is 0.484 e. The van der Waals surface area contributed by atoms with E-state index in [0.29, 0.717) is 0 Å². The van der Waals surface area contributed by atoms with Gasteiger partial charge in [0.2, 0.25) is 0 Å². The van der Waals surface area contributed by atoms with Crippen LogP contribution in [0.15, 0.2) is 42.5 Å². The minimum Gasteiger partial charge on any atom is -0.484 e. The molecule has 2 aromatic carbocycles. The molecule has 0 saturated heterocycles. The third-order valence-corrected chi connectivity index (χ3v) is 5.43. The first-order chi connectivity index (χ1) is 11.9. The zero-order valence-electron chi connectivity index (χ0n) is 15.0. The van der Waals surface area contributed by atoms with Gasteiger partial charge in [0.05, 0.1) is 17.9 Å². The Hall–Kier alpha value is -2.33. The SMILES string of the molecule is Cc1cccc(-c2nc(-c3ccc4c(c3)NCC(C)(C)O4)c(C)s2)c1. The van der Waals surface area contributed by atoms with E-state index >= 15 is 0 Å². The van der Waals surface area contributed by atoms with Crippen LogP contribution in [0.1, 0.15) is 24.3 Å². The maximum absolute atomic E-state index is 6.05. The summed E-state index contributed by atoms with van der Waals surface area (Å²) >= 11 is 1.75. The Morgan fingerprint density at radius 1 is 1.08 bits per heavy atom. The van der Waals surface area contributed by atoms with Gasteiger partial charge in [0, 0.05) is 16.0 Å². The number of ether oxygens (including phenoxy) is 1. The van der Waals surface area contributed by atoms with Gasteiger partial charge in [-0.2, -0.15) is 0 Å². The first-order valence-electron chi connectivity index (χ1n) is 8.53. The number of benzene rings is 2. The van der Waals surface area contributed by atoms with Crippen LogP contribution in [0.3, 0.4) is 0 Å². The molecule has 25 heavy (non-hydrogen) atoms. The van der Waals surface area contributed by atoms with Crippen LogP contribution in [0.4, 0.5) is 5.69 Å². The first-order valence-corrected chi connectivity index (χ1v) is 9.35. The highest BCUT2D eigenvalue weighted by Gasteiger charge is 2.26. The van der Waals surface area contributed by atoms with E-state index in [1.165, 1.54) is 16.0 Å². The molecule has 0 fully saturated rings. The number of nitrogens with one attached hydrogen (secondary N) is 1. The van der Waals surface area contributed by atoms with E-state index in [4.69, 9.17) is 9.72 Å². The summed E-state index contributed by atoms with van der Waals surface area (Å²) in [5, 5.41) is 4.55. The van der Waals surface area contributed by atoms with E-state index in [1.54, 1.807) is 11.3 Å². The van der Waals surface area contributed by atoms with Crippen molar-refractivity contribution in [3.63, 3.8) is 0 Å². The summed E-state index contributed by atoms with van der Waals surface area (Å²) in [7, 11) is 0. The molecule has 0 amide bonds. The van der Waals surface area contributed by atoms with Crippen molar-refractivity contribution in [3.05, 3.63) is 52.9 Å². The number of thiazole rings is 1. The van der Waals surface area contributed by atoms with Crippen LogP contribution in [-0.4, -0.2) is 17.1 Å². The highest BCUT2D eigenvalue weighted by Crippen LogP contribution is 2.39. The van der Waals surface area contributed by atoms with Crippen molar-refractivity contribution in [1.29, 1.82) is 0 Å². The molecule has 1 aliphatic heterocycles. The molecule has 0 bridgehead atoms. The summed E-state index contributed by atoms with van der Waals surface area (Å²) in [6.45, 7) is 9.24. The molecule has 0 saturated carbocycles. The summed E-state index contributed by atoms with van der Waals surface area (Å²) in [6, 6.07) is 14.8. The molecule has 0 spiro atoms. The van der Waals surface area contributed by atoms with Crippen molar-refractivity contribution in [1.82, 2.24) is 4.98 Å². The molecule has 4 heteroatoms. The summed E-state index contributed by atoms with van der Waals surface area (Å²) in [5.74, 6) is 0.909. The molecule has 3 aromatic rings. The van der Waals surface area contributed by atoms with Crippen molar-refractivity contribution in [2.45, 2.75) is 33.3 Å². The molecule has 1 aliphatic rings. The van der Waals surface area contributed by atoms with E-state index in [1.807, 2.05) is 6.07 Å². The van der Waals surface area contributed by atoms with Crippen LogP contribution in [0.25, 0.3) is 21.8 Å². The normalized spacial score (nSPS) is 15.2. The predicted molar refractivity (Wildman–Crippen MR) is 106 cm³/mol. The van der Waals surface area contributed by atoms with Gasteiger partial charge in [-0.3, -0.25) is 0 Å². The monoisotopic (exact) mass is 350 g/mol. The Balaban J connectivity index is 1.71. The summed E-state index contributed by atoms with van der Waals surface area (Å²) in [4.78, 5) is 6.15. The van der Waals surface area contributed by atoms with Gasteiger partial charge in [-0.05, 0) is 52.0 Å². The van der Waals surface area contributed by atoms with Gasteiger partial charge in [-0.15, -0.1) is 11.3 Å². The lowest BCUT2D eigenvalue weighted by molar-refractivity contribution is 0.116. The van der Waals surface area contributed by atoms with E-state index in [-0.39, 0.29) is 5.60 Å². The Kier molecular flexibility index (Phi) is 3.80. The summed E-state index contributed by atoms with van der Waals surface area (Å²) < 4.78 is 6.05. The second kappa shape index (κ2) is 5.88. The van der Waals surface area contributed by atoms with Crippen molar-refractivity contribution in [2.24, 2.45) is 0 Å². The average molecular weight is 350 g/mol. The number of aromatic nitrogens is 1. The van der Waals surface area contributed by atoms with Crippen LogP contribution in [0.2, 0.25) is 0 Å². The maximum Gasteiger partial charge on any atom is 0.143 e. The number of hydrogen-bond acceptors (Lipinski definition) is 4. The lowest BCUT2D eigenvalue weighted by Gasteiger charge is -2.33. The van der Waals surface area contributed by atoms with E-state index in [9.17, 15) is 0 Å². The molecular formula is C21H22N2OS. The van der Waals surface area contributed by atoms with Crippen LogP contribution in [0.5, 0.6) is 5.75 Å². The predicted octanol–water partition coefficient (Wildman–Crippen LogP) is 5.68. The Morgan fingerprint density at radius 2 is 1.92 bits per heavy atom. The molecule has 1 aromatic heterocycles. The van der Waals surface area contributed by atoms with Gasteiger partial charge in [-0.1, -0.05) is 23.8 Å². The standard InChI is InChI=1S/C21H22N2OS/c1-13-6-5-7-16(10-13)20-23-19(14(2)25-20)15-8-9-18-17(11-15)22-12-21(3,4)24-18/h5-11,22H,12H2,1-4H3. The van der Waals surface area contributed by atoms with E-state index in [2.05, 4.69) is 69.4 Å². The molecule has 0 aliphatic carbocycles. The van der Waals surface area contributed by atoms with Crippen molar-refractivity contribution >= 4 is 17.0 Å². The fourth-order valence-corrected chi connectivity index (χ4v) is 4.04. The van der Waals surface area contributed by atoms with E-state index < -0.39 is 0 Å². The highest BCUT2D eigenvalue weighted by atomic mass is 32.1. The fourth-order valence-electron chi connectivity index (χ4n) is 3.11. The zero-order chi connectivity index (χ0) is 17.6. The van der Waals surface area contributed by atoms with Crippen LogP contribution < -0.4 is 10.1 Å². The first kappa shape index (κ1) is 16.2. The van der Waals surface area contributed by atoms with Gasteiger partial charge in [0.25, 0.3) is 0 Å². The second-order valence-electron chi connectivity index (χ2n) is 7.22. The van der Waals surface area contributed by atoms with Crippen LogP contribution >= 0.6 is 11.3 Å². The summed E-state index contributed by atoms with van der Waals surface area (Å²) in [5.41, 5.74) is 5.48. The minimum atomic E-state index is -0.177. The molecule has 128 valence electrons. The fraction of sp³-hybridized carbons (Fsp3) is 0.286. The molecule has 0 radical (unpaired) electrons. The van der Waals surface area contributed by atoms with Gasteiger partial charge >= 0.3 is 0 Å². The van der Waals surface area contributed by atoms with Crippen molar-refractivity contribution < 1.29 is 4.74 Å². The van der Waals surface area contributed by atoms with Crippen LogP contribution in [-0.2, 0) is 0 Å². The highest BCUT2D eigenvalue weighted by molar-refractivity contribution is 7.15. The van der Waals surface area contributed by atoms with Gasteiger partial charge in [0.1, 0.15) is 16.4 Å².